The molecule has 0 fully saturated rings. The predicted molar refractivity (Wildman–Crippen MR) is 362 cm³/mol. The van der Waals surface area contributed by atoms with E-state index in [0.29, 0.717) is 19.3 Å². The van der Waals surface area contributed by atoms with E-state index in [1.807, 2.05) is 0 Å². The van der Waals surface area contributed by atoms with Crippen LogP contribution in [0.25, 0.3) is 0 Å². The molecule has 0 aromatic rings. The van der Waals surface area contributed by atoms with Gasteiger partial charge in [-0.3, -0.25) is 14.4 Å². The molecule has 0 heterocycles. The number of rotatable bonds is 68. The van der Waals surface area contributed by atoms with Crippen molar-refractivity contribution < 1.29 is 28.6 Å². The van der Waals surface area contributed by atoms with Gasteiger partial charge in [-0.25, -0.2) is 0 Å². The third kappa shape index (κ3) is 69.8. The molecule has 1 atom stereocenters. The molecule has 6 nitrogen and oxygen atoms in total. The van der Waals surface area contributed by atoms with Gasteiger partial charge in [0.1, 0.15) is 13.2 Å². The molecule has 0 N–H and O–H groups in total. The summed E-state index contributed by atoms with van der Waals surface area (Å²) in [6.45, 7) is 6.57. The van der Waals surface area contributed by atoms with Crippen LogP contribution in [0.15, 0.2) is 60.8 Å². The van der Waals surface area contributed by atoms with E-state index in [2.05, 4.69) is 81.5 Å². The van der Waals surface area contributed by atoms with Crippen molar-refractivity contribution in [1.82, 2.24) is 0 Å². The summed E-state index contributed by atoms with van der Waals surface area (Å²) in [6, 6.07) is 0. The average Bonchev–Trinajstić information content (AvgIpc) is 3.49. The molecule has 0 aliphatic carbocycles. The molecular weight excluding hydrogens is 1020 g/mol. The van der Waals surface area contributed by atoms with Gasteiger partial charge in [0.15, 0.2) is 6.10 Å². The Morgan fingerprint density at radius 2 is 0.470 bits per heavy atom. The maximum absolute atomic E-state index is 12.9. The lowest BCUT2D eigenvalue weighted by Gasteiger charge is -2.18. The highest BCUT2D eigenvalue weighted by Gasteiger charge is 2.19. The minimum absolute atomic E-state index is 0.0697. The van der Waals surface area contributed by atoms with E-state index < -0.39 is 6.10 Å². The Kier molecular flexibility index (Phi) is 69.1. The van der Waals surface area contributed by atoms with Crippen molar-refractivity contribution in [1.29, 1.82) is 0 Å². The van der Waals surface area contributed by atoms with E-state index in [1.165, 1.54) is 263 Å². The second kappa shape index (κ2) is 71.6. The Morgan fingerprint density at radius 1 is 0.253 bits per heavy atom. The van der Waals surface area contributed by atoms with E-state index in [4.69, 9.17) is 14.2 Å². The molecule has 0 aliphatic heterocycles. The van der Waals surface area contributed by atoms with E-state index in [-0.39, 0.29) is 31.1 Å². The molecule has 0 aromatic carbocycles. The monoisotopic (exact) mass is 1160 g/mol. The number of hydrogen-bond acceptors (Lipinski definition) is 6. The van der Waals surface area contributed by atoms with Crippen LogP contribution in [0.4, 0.5) is 0 Å². The molecule has 0 saturated carbocycles. The summed E-state index contributed by atoms with van der Waals surface area (Å²) in [4.78, 5) is 38.3. The van der Waals surface area contributed by atoms with Crippen LogP contribution < -0.4 is 0 Å². The smallest absolute Gasteiger partial charge is 0.306 e. The van der Waals surface area contributed by atoms with Crippen LogP contribution >= 0.6 is 0 Å². The normalized spacial score (nSPS) is 12.4. The summed E-state index contributed by atoms with van der Waals surface area (Å²) in [7, 11) is 0. The van der Waals surface area contributed by atoms with Crippen molar-refractivity contribution in [3.05, 3.63) is 60.8 Å². The Hall–Kier alpha value is -2.89. The molecule has 484 valence electrons. The highest BCUT2D eigenvalue weighted by Crippen LogP contribution is 2.19. The van der Waals surface area contributed by atoms with Gasteiger partial charge in [0.2, 0.25) is 0 Å². The highest BCUT2D eigenvalue weighted by atomic mass is 16.6. The molecule has 0 radical (unpaired) electrons. The predicted octanol–water partition coefficient (Wildman–Crippen LogP) is 25.5. The number of unbranched alkanes of at least 4 members (excludes halogenated alkanes) is 47. The number of ether oxygens (including phenoxy) is 3. The minimum atomic E-state index is -0.773. The van der Waals surface area contributed by atoms with Crippen LogP contribution in [0.3, 0.4) is 0 Å². The fourth-order valence-corrected chi connectivity index (χ4v) is 11.1. The summed E-state index contributed by atoms with van der Waals surface area (Å²) in [5, 5.41) is 0. The highest BCUT2D eigenvalue weighted by molar-refractivity contribution is 5.71. The first kappa shape index (κ1) is 80.1. The molecule has 0 rings (SSSR count). The first-order valence-electron chi connectivity index (χ1n) is 36.8. The topological polar surface area (TPSA) is 78.9 Å². The van der Waals surface area contributed by atoms with E-state index in [0.717, 1.165) is 89.9 Å². The summed E-state index contributed by atoms with van der Waals surface area (Å²) in [6.07, 6.45) is 92.8. The average molecular weight is 1160 g/mol. The number of esters is 3. The van der Waals surface area contributed by atoms with Gasteiger partial charge < -0.3 is 14.2 Å². The van der Waals surface area contributed by atoms with Crippen molar-refractivity contribution in [2.75, 3.05) is 13.2 Å². The van der Waals surface area contributed by atoms with Gasteiger partial charge in [0.25, 0.3) is 0 Å². The van der Waals surface area contributed by atoms with Gasteiger partial charge in [0.05, 0.1) is 0 Å². The van der Waals surface area contributed by atoms with Crippen molar-refractivity contribution in [3.8, 4) is 0 Å². The molecule has 0 amide bonds. The minimum Gasteiger partial charge on any atom is -0.462 e. The first-order chi connectivity index (χ1) is 41.0. The standard InChI is InChI=1S/C77H140O6/c1-4-7-10-13-16-19-21-23-25-27-29-31-33-35-37-38-40-41-43-45-47-49-51-53-55-58-61-64-67-70-76(79)82-73-74(72-81-75(78)69-66-63-60-57-18-15-12-9-6-3)83-77(80)71-68-65-62-59-56-54-52-50-48-46-44-42-39-36-34-32-30-28-26-24-22-20-17-14-11-8-5-2/h8,11,17,20,24,26,30,32,36,39,74H,4-7,9-10,12-16,18-19,21-23,25,27-29,31,33-35,37-38,40-73H2,1-3H3/b11-8-,20-17-,26-24-,32-30-,39-36-. The van der Waals surface area contributed by atoms with Crippen LogP contribution in [-0.4, -0.2) is 37.2 Å². The molecule has 0 aliphatic rings. The van der Waals surface area contributed by atoms with Crippen molar-refractivity contribution in [2.24, 2.45) is 0 Å². The van der Waals surface area contributed by atoms with Gasteiger partial charge >= 0.3 is 17.9 Å². The third-order valence-electron chi connectivity index (χ3n) is 16.5. The van der Waals surface area contributed by atoms with Crippen LogP contribution in [0.1, 0.15) is 393 Å². The number of carbonyl (C=O) groups excluding carboxylic acids is 3. The van der Waals surface area contributed by atoms with Gasteiger partial charge in [-0.1, -0.05) is 370 Å². The number of carbonyl (C=O) groups is 3. The molecular formula is C77H140O6. The SMILES string of the molecule is CC/C=C\C/C=C\C/C=C\C/C=C\C/C=C\CCCCCCCCCCCCCC(=O)OC(COC(=O)CCCCCCCCCCC)COC(=O)CCCCCCCCCCCCCCCCCCCCCCCCCCCCCCC. The molecule has 6 heteroatoms. The lowest BCUT2D eigenvalue weighted by atomic mass is 10.0. The molecule has 0 saturated heterocycles. The maximum Gasteiger partial charge on any atom is 0.306 e. The third-order valence-corrected chi connectivity index (χ3v) is 16.5. The van der Waals surface area contributed by atoms with Crippen LogP contribution in [0.5, 0.6) is 0 Å². The van der Waals surface area contributed by atoms with E-state index in [9.17, 15) is 14.4 Å². The zero-order valence-corrected chi connectivity index (χ0v) is 55.7. The van der Waals surface area contributed by atoms with E-state index in [1.54, 1.807) is 0 Å². The largest absolute Gasteiger partial charge is 0.462 e. The summed E-state index contributed by atoms with van der Waals surface area (Å²) in [5.74, 6) is -0.851. The van der Waals surface area contributed by atoms with Crippen molar-refractivity contribution >= 4 is 17.9 Å². The summed E-state index contributed by atoms with van der Waals surface area (Å²) < 4.78 is 17.0. The molecule has 83 heavy (non-hydrogen) atoms. The Bertz CT molecular complexity index is 1470. The molecule has 0 bridgehead atoms. The molecule has 1 unspecified atom stereocenters. The van der Waals surface area contributed by atoms with Gasteiger partial charge in [-0.15, -0.1) is 0 Å². The Morgan fingerprint density at radius 3 is 0.735 bits per heavy atom. The number of allylic oxidation sites excluding steroid dienone is 10. The van der Waals surface area contributed by atoms with Crippen LogP contribution in [-0.2, 0) is 28.6 Å². The maximum atomic E-state index is 12.9. The van der Waals surface area contributed by atoms with Crippen LogP contribution in [0, 0.1) is 0 Å². The van der Waals surface area contributed by atoms with Gasteiger partial charge in [0, 0.05) is 19.3 Å². The zero-order valence-electron chi connectivity index (χ0n) is 55.7. The second-order valence-electron chi connectivity index (χ2n) is 24.8. The summed E-state index contributed by atoms with van der Waals surface area (Å²) in [5.41, 5.74) is 0. The molecule has 0 spiro atoms. The fourth-order valence-electron chi connectivity index (χ4n) is 11.1. The molecule has 0 aromatic heterocycles. The second-order valence-corrected chi connectivity index (χ2v) is 24.8. The van der Waals surface area contributed by atoms with Gasteiger partial charge in [-0.05, 0) is 64.2 Å². The van der Waals surface area contributed by atoms with E-state index >= 15 is 0 Å². The Balaban J connectivity index is 4.10. The summed E-state index contributed by atoms with van der Waals surface area (Å²) >= 11 is 0. The fraction of sp³-hybridized carbons (Fsp3) is 0.831. The quantitative estimate of drug-likeness (QED) is 0.0261. The van der Waals surface area contributed by atoms with Crippen molar-refractivity contribution in [2.45, 2.75) is 399 Å². The number of hydrogen-bond donors (Lipinski definition) is 0. The zero-order chi connectivity index (χ0) is 59.9. The first-order valence-corrected chi connectivity index (χ1v) is 36.8. The van der Waals surface area contributed by atoms with Crippen molar-refractivity contribution in [3.63, 3.8) is 0 Å². The van der Waals surface area contributed by atoms with Crippen LogP contribution in [0.2, 0.25) is 0 Å². The lowest BCUT2D eigenvalue weighted by molar-refractivity contribution is -0.167. The van der Waals surface area contributed by atoms with Gasteiger partial charge in [-0.2, -0.15) is 0 Å². The lowest BCUT2D eigenvalue weighted by Crippen LogP contribution is -2.30. The Labute approximate surface area is 517 Å².